The SMILES string of the molecule is CNC(=O)[C@@H]1[C@H]2C(=O)N([C@H](CO)c3ccccc3)C(C(=O)Nc3ccccc3Cl)C23CC(C)[C@@]1(C)O3. The topological polar surface area (TPSA) is 108 Å². The fourth-order valence-electron chi connectivity index (χ4n) is 6.66. The minimum Gasteiger partial charge on any atom is -0.394 e. The van der Waals surface area contributed by atoms with Crippen LogP contribution in [0.15, 0.2) is 54.6 Å². The van der Waals surface area contributed by atoms with Crippen molar-refractivity contribution in [2.75, 3.05) is 19.0 Å². The van der Waals surface area contributed by atoms with E-state index >= 15 is 0 Å². The molecule has 5 rings (SSSR count). The molecule has 36 heavy (non-hydrogen) atoms. The third-order valence-electron chi connectivity index (χ3n) is 8.35. The second-order valence-electron chi connectivity index (χ2n) is 10.1. The van der Waals surface area contributed by atoms with Gasteiger partial charge in [-0.1, -0.05) is 61.0 Å². The first-order valence-electron chi connectivity index (χ1n) is 12.1. The molecule has 1 spiro atoms. The van der Waals surface area contributed by atoms with Crippen LogP contribution in [0.5, 0.6) is 0 Å². The van der Waals surface area contributed by atoms with E-state index in [0.29, 0.717) is 22.7 Å². The summed E-state index contributed by atoms with van der Waals surface area (Å²) in [4.78, 5) is 42.8. The lowest BCUT2D eigenvalue weighted by Crippen LogP contribution is -2.55. The zero-order valence-electron chi connectivity index (χ0n) is 20.4. The van der Waals surface area contributed by atoms with Gasteiger partial charge in [0.2, 0.25) is 17.7 Å². The molecule has 7 atom stereocenters. The van der Waals surface area contributed by atoms with Gasteiger partial charge in [-0.05, 0) is 37.0 Å². The molecule has 8 nitrogen and oxygen atoms in total. The van der Waals surface area contributed by atoms with E-state index in [1.165, 1.54) is 11.9 Å². The number of likely N-dealkylation sites (tertiary alicyclic amines) is 1. The lowest BCUT2D eigenvalue weighted by molar-refractivity contribution is -0.149. The second kappa shape index (κ2) is 8.87. The summed E-state index contributed by atoms with van der Waals surface area (Å²) in [5.41, 5.74) is -1.04. The maximum absolute atomic E-state index is 14.2. The van der Waals surface area contributed by atoms with Crippen LogP contribution in [0.3, 0.4) is 0 Å². The van der Waals surface area contributed by atoms with E-state index in [1.54, 1.807) is 36.4 Å². The molecular formula is C27H30ClN3O5. The van der Waals surface area contributed by atoms with E-state index in [9.17, 15) is 19.5 Å². The fraction of sp³-hybridized carbons (Fsp3) is 0.444. The van der Waals surface area contributed by atoms with Crippen molar-refractivity contribution in [2.24, 2.45) is 17.8 Å². The Kier molecular flexibility index (Phi) is 6.09. The van der Waals surface area contributed by atoms with Crippen molar-refractivity contribution in [3.05, 3.63) is 65.2 Å². The molecule has 2 bridgehead atoms. The first kappa shape index (κ1) is 24.7. The van der Waals surface area contributed by atoms with Crippen LogP contribution < -0.4 is 10.6 Å². The number of rotatable bonds is 6. The Morgan fingerprint density at radius 1 is 1.17 bits per heavy atom. The summed E-state index contributed by atoms with van der Waals surface area (Å²) in [6.07, 6.45) is 0.428. The monoisotopic (exact) mass is 511 g/mol. The number of carbonyl (C=O) groups is 3. The number of nitrogens with zero attached hydrogens (tertiary/aromatic N) is 1. The van der Waals surface area contributed by atoms with Gasteiger partial charge in [0.05, 0.1) is 40.8 Å². The first-order chi connectivity index (χ1) is 17.2. The van der Waals surface area contributed by atoms with Crippen molar-refractivity contribution in [3.63, 3.8) is 0 Å². The third-order valence-corrected chi connectivity index (χ3v) is 8.68. The zero-order chi connectivity index (χ0) is 25.8. The van der Waals surface area contributed by atoms with Gasteiger partial charge in [-0.15, -0.1) is 0 Å². The number of benzene rings is 2. The number of para-hydroxylation sites is 1. The van der Waals surface area contributed by atoms with Crippen molar-refractivity contribution < 1.29 is 24.2 Å². The van der Waals surface area contributed by atoms with Crippen LogP contribution in [0.4, 0.5) is 5.69 Å². The summed E-state index contributed by atoms with van der Waals surface area (Å²) in [7, 11) is 1.54. The Hall–Kier alpha value is -2.94. The van der Waals surface area contributed by atoms with Crippen molar-refractivity contribution in [1.82, 2.24) is 10.2 Å². The molecule has 3 amide bonds. The number of carbonyl (C=O) groups excluding carboxylic acids is 3. The summed E-state index contributed by atoms with van der Waals surface area (Å²) in [5, 5.41) is 16.4. The van der Waals surface area contributed by atoms with E-state index in [2.05, 4.69) is 10.6 Å². The largest absolute Gasteiger partial charge is 0.394 e. The van der Waals surface area contributed by atoms with Crippen molar-refractivity contribution in [3.8, 4) is 0 Å². The van der Waals surface area contributed by atoms with Gasteiger partial charge in [-0.25, -0.2) is 0 Å². The number of nitrogens with one attached hydrogen (secondary N) is 2. The standard InChI is InChI=1S/C27H30ClN3O5/c1-15-13-27-21(20(23(33)29-3)26(15,2)36-27)25(35)31(19(14-32)16-9-5-4-6-10-16)22(27)24(34)30-18-12-8-7-11-17(18)28/h4-12,15,19-22,32H,13-14H2,1-3H3,(H,29,33)(H,30,34)/t15?,19-,20+,21+,22?,26-,27?/m1/s1. The Labute approximate surface area is 215 Å². The molecule has 9 heteroatoms. The van der Waals surface area contributed by atoms with Gasteiger partial charge >= 0.3 is 0 Å². The highest BCUT2D eigenvalue weighted by atomic mass is 35.5. The highest BCUT2D eigenvalue weighted by Crippen LogP contribution is 2.66. The smallest absolute Gasteiger partial charge is 0.250 e. The average molecular weight is 512 g/mol. The van der Waals surface area contributed by atoms with Gasteiger partial charge < -0.3 is 25.4 Å². The summed E-state index contributed by atoms with van der Waals surface area (Å²) in [5.74, 6) is -2.85. The molecule has 3 aliphatic heterocycles. The van der Waals surface area contributed by atoms with Crippen LogP contribution in [0.2, 0.25) is 5.02 Å². The van der Waals surface area contributed by atoms with Crippen molar-refractivity contribution in [2.45, 2.75) is 43.6 Å². The van der Waals surface area contributed by atoms with Crippen LogP contribution in [-0.2, 0) is 19.1 Å². The van der Waals surface area contributed by atoms with E-state index in [-0.39, 0.29) is 17.7 Å². The number of halogens is 1. The molecule has 3 aliphatic rings. The number of aliphatic hydroxyl groups excluding tert-OH is 1. The molecule has 190 valence electrons. The normalized spacial score (nSPS) is 33.4. The number of hydrogen-bond acceptors (Lipinski definition) is 5. The minimum atomic E-state index is -1.23. The number of anilines is 1. The lowest BCUT2D eigenvalue weighted by Gasteiger charge is -2.37. The number of aliphatic hydroxyl groups is 1. The Morgan fingerprint density at radius 2 is 1.83 bits per heavy atom. The quantitative estimate of drug-likeness (QED) is 0.552. The predicted molar refractivity (Wildman–Crippen MR) is 134 cm³/mol. The number of hydrogen-bond donors (Lipinski definition) is 3. The Morgan fingerprint density at radius 3 is 2.47 bits per heavy atom. The molecule has 2 aromatic rings. The van der Waals surface area contributed by atoms with Gasteiger partial charge in [-0.2, -0.15) is 0 Å². The molecule has 0 radical (unpaired) electrons. The Bertz CT molecular complexity index is 1210. The molecule has 0 saturated carbocycles. The van der Waals surface area contributed by atoms with Gasteiger partial charge in [0, 0.05) is 7.05 Å². The molecule has 2 aromatic carbocycles. The van der Waals surface area contributed by atoms with Gasteiger partial charge in [-0.3, -0.25) is 14.4 Å². The highest BCUT2D eigenvalue weighted by Gasteiger charge is 2.80. The van der Waals surface area contributed by atoms with E-state index in [4.69, 9.17) is 16.3 Å². The van der Waals surface area contributed by atoms with Crippen LogP contribution >= 0.6 is 11.6 Å². The van der Waals surface area contributed by atoms with Crippen LogP contribution in [-0.4, -0.2) is 58.6 Å². The van der Waals surface area contributed by atoms with Gasteiger partial charge in [0.1, 0.15) is 11.6 Å². The number of ether oxygens (including phenoxy) is 1. The summed E-state index contributed by atoms with van der Waals surface area (Å²) in [6, 6.07) is 14.1. The van der Waals surface area contributed by atoms with Crippen LogP contribution in [0.1, 0.15) is 31.9 Å². The third kappa shape index (κ3) is 3.38. The summed E-state index contributed by atoms with van der Waals surface area (Å²) in [6.45, 7) is 3.44. The Balaban J connectivity index is 1.65. The minimum absolute atomic E-state index is 0.0799. The highest BCUT2D eigenvalue weighted by molar-refractivity contribution is 6.33. The summed E-state index contributed by atoms with van der Waals surface area (Å²) >= 11 is 6.32. The van der Waals surface area contributed by atoms with Gasteiger partial charge in [0.15, 0.2) is 0 Å². The van der Waals surface area contributed by atoms with E-state index in [1.807, 2.05) is 32.0 Å². The molecule has 3 saturated heterocycles. The van der Waals surface area contributed by atoms with Gasteiger partial charge in [0.25, 0.3) is 0 Å². The first-order valence-corrected chi connectivity index (χ1v) is 12.5. The molecule has 3 unspecified atom stereocenters. The van der Waals surface area contributed by atoms with Crippen LogP contribution in [0.25, 0.3) is 0 Å². The molecule has 3 heterocycles. The van der Waals surface area contributed by atoms with E-state index < -0.39 is 47.6 Å². The van der Waals surface area contributed by atoms with Crippen molar-refractivity contribution in [1.29, 1.82) is 0 Å². The average Bonchev–Trinajstić information content (AvgIpc) is 3.38. The predicted octanol–water partition coefficient (Wildman–Crippen LogP) is 2.77. The van der Waals surface area contributed by atoms with Crippen LogP contribution in [0, 0.1) is 17.8 Å². The lowest BCUT2D eigenvalue weighted by atomic mass is 9.62. The molecule has 3 fully saturated rings. The molecule has 3 N–H and O–H groups in total. The molecule has 0 aliphatic carbocycles. The maximum atomic E-state index is 14.2. The zero-order valence-corrected chi connectivity index (χ0v) is 21.2. The number of fused-ring (bicyclic) bond motifs is 1. The fourth-order valence-corrected chi connectivity index (χ4v) is 6.84. The van der Waals surface area contributed by atoms with Crippen molar-refractivity contribution >= 4 is 35.0 Å². The molecular weight excluding hydrogens is 482 g/mol. The molecule has 0 aromatic heterocycles. The summed E-state index contributed by atoms with van der Waals surface area (Å²) < 4.78 is 6.65. The maximum Gasteiger partial charge on any atom is 0.250 e. The van der Waals surface area contributed by atoms with E-state index in [0.717, 1.165) is 0 Å². The number of amides is 3. The second-order valence-corrected chi connectivity index (χ2v) is 10.5.